The van der Waals surface area contributed by atoms with Crippen LogP contribution in [0.2, 0.25) is 0 Å². The minimum atomic E-state index is -0.728. The number of carbonyl (C=O) groups excluding carboxylic acids is 2. The van der Waals surface area contributed by atoms with Crippen molar-refractivity contribution in [2.45, 2.75) is 46.7 Å². The maximum absolute atomic E-state index is 14.2. The second-order valence-electron chi connectivity index (χ2n) is 6.65. The molecule has 0 radical (unpaired) electrons. The highest BCUT2D eigenvalue weighted by Crippen LogP contribution is 2.30. The predicted molar refractivity (Wildman–Crippen MR) is 79.5 cm³/mol. The Kier molecular flexibility index (Phi) is 3.78. The number of hydrogen-bond acceptors (Lipinski definition) is 2. The highest BCUT2D eigenvalue weighted by atomic mass is 19.1. The summed E-state index contributed by atoms with van der Waals surface area (Å²) in [5.74, 6) is -1.04. The standard InChI is InChI=1S/C16H21FN2O2/c1-9-6-7-12(11(17)8-9)19-10(2)14(20)18-13(15(19)21)16(3,4)5/h6-8,10,13H,1-5H3,(H,18,20). The molecule has 2 unspecified atom stereocenters. The second kappa shape index (κ2) is 5.13. The molecule has 0 saturated carbocycles. The molecule has 1 aromatic carbocycles. The molecule has 2 amide bonds. The lowest BCUT2D eigenvalue weighted by Gasteiger charge is -2.42. The third-order valence-electron chi connectivity index (χ3n) is 3.77. The highest BCUT2D eigenvalue weighted by molar-refractivity contribution is 6.08. The number of benzene rings is 1. The number of amides is 2. The fourth-order valence-electron chi connectivity index (χ4n) is 2.49. The van der Waals surface area contributed by atoms with Crippen LogP contribution in [-0.4, -0.2) is 23.9 Å². The quantitative estimate of drug-likeness (QED) is 0.864. The van der Waals surface area contributed by atoms with Gasteiger partial charge in [-0.3, -0.25) is 14.5 Å². The summed E-state index contributed by atoms with van der Waals surface area (Å²) in [6, 6.07) is 3.26. The van der Waals surface area contributed by atoms with E-state index in [0.29, 0.717) is 0 Å². The first kappa shape index (κ1) is 15.5. The van der Waals surface area contributed by atoms with E-state index in [4.69, 9.17) is 0 Å². The van der Waals surface area contributed by atoms with Gasteiger partial charge in [-0.15, -0.1) is 0 Å². The molecule has 0 aliphatic carbocycles. The van der Waals surface area contributed by atoms with Crippen molar-refractivity contribution in [3.05, 3.63) is 29.6 Å². The lowest BCUT2D eigenvalue weighted by atomic mass is 9.84. The smallest absolute Gasteiger partial charge is 0.250 e. The molecular formula is C16H21FN2O2. The number of aryl methyl sites for hydroxylation is 1. The minimum absolute atomic E-state index is 0.155. The van der Waals surface area contributed by atoms with Crippen LogP contribution in [0.3, 0.4) is 0 Å². The average molecular weight is 292 g/mol. The summed E-state index contributed by atoms with van der Waals surface area (Å²) < 4.78 is 14.2. The third kappa shape index (κ3) is 2.77. The first-order chi connectivity index (χ1) is 9.62. The van der Waals surface area contributed by atoms with Gasteiger partial charge in [0, 0.05) is 0 Å². The van der Waals surface area contributed by atoms with E-state index in [9.17, 15) is 14.0 Å². The topological polar surface area (TPSA) is 49.4 Å². The Bertz CT molecular complexity index is 592. The minimum Gasteiger partial charge on any atom is -0.342 e. The van der Waals surface area contributed by atoms with Gasteiger partial charge in [0.15, 0.2) is 0 Å². The van der Waals surface area contributed by atoms with E-state index in [-0.39, 0.29) is 17.5 Å². The highest BCUT2D eigenvalue weighted by Gasteiger charge is 2.44. The van der Waals surface area contributed by atoms with Crippen LogP contribution in [0.5, 0.6) is 0 Å². The summed E-state index contributed by atoms with van der Waals surface area (Å²) in [5, 5.41) is 2.73. The summed E-state index contributed by atoms with van der Waals surface area (Å²) in [5.41, 5.74) is 0.485. The van der Waals surface area contributed by atoms with Crippen molar-refractivity contribution >= 4 is 17.5 Å². The third-order valence-corrected chi connectivity index (χ3v) is 3.77. The maximum atomic E-state index is 14.2. The van der Waals surface area contributed by atoms with Gasteiger partial charge in [0.1, 0.15) is 17.9 Å². The molecule has 4 nitrogen and oxygen atoms in total. The fraction of sp³-hybridized carbons (Fsp3) is 0.500. The van der Waals surface area contributed by atoms with Crippen LogP contribution < -0.4 is 10.2 Å². The Morgan fingerprint density at radius 3 is 2.38 bits per heavy atom. The maximum Gasteiger partial charge on any atom is 0.250 e. The monoisotopic (exact) mass is 292 g/mol. The molecule has 1 heterocycles. The van der Waals surface area contributed by atoms with E-state index in [1.54, 1.807) is 26.0 Å². The van der Waals surface area contributed by atoms with Gasteiger partial charge in [0.25, 0.3) is 5.91 Å². The summed E-state index contributed by atoms with van der Waals surface area (Å²) in [4.78, 5) is 26.1. The Labute approximate surface area is 124 Å². The molecule has 0 spiro atoms. The molecule has 2 atom stereocenters. The molecule has 1 saturated heterocycles. The van der Waals surface area contributed by atoms with Gasteiger partial charge < -0.3 is 5.32 Å². The van der Waals surface area contributed by atoms with Crippen LogP contribution >= 0.6 is 0 Å². The number of carbonyl (C=O) groups is 2. The molecule has 21 heavy (non-hydrogen) atoms. The lowest BCUT2D eigenvalue weighted by Crippen LogP contribution is -2.66. The first-order valence-electron chi connectivity index (χ1n) is 7.02. The Morgan fingerprint density at radius 2 is 1.86 bits per heavy atom. The van der Waals surface area contributed by atoms with Gasteiger partial charge in [-0.1, -0.05) is 26.8 Å². The molecule has 1 aliphatic rings. The summed E-state index contributed by atoms with van der Waals surface area (Å²) >= 11 is 0. The summed E-state index contributed by atoms with van der Waals surface area (Å²) in [7, 11) is 0. The number of hydrogen-bond donors (Lipinski definition) is 1. The van der Waals surface area contributed by atoms with Crippen molar-refractivity contribution in [3.8, 4) is 0 Å². The number of halogens is 1. The van der Waals surface area contributed by atoms with Gasteiger partial charge >= 0.3 is 0 Å². The van der Waals surface area contributed by atoms with Crippen molar-refractivity contribution in [1.82, 2.24) is 5.32 Å². The van der Waals surface area contributed by atoms with E-state index in [1.165, 1.54) is 11.0 Å². The van der Waals surface area contributed by atoms with Crippen molar-refractivity contribution < 1.29 is 14.0 Å². The van der Waals surface area contributed by atoms with E-state index < -0.39 is 23.3 Å². The first-order valence-corrected chi connectivity index (χ1v) is 7.02. The van der Waals surface area contributed by atoms with Crippen LogP contribution in [0, 0.1) is 18.2 Å². The lowest BCUT2D eigenvalue weighted by molar-refractivity contribution is -0.136. The van der Waals surface area contributed by atoms with Gasteiger partial charge in [-0.2, -0.15) is 0 Å². The van der Waals surface area contributed by atoms with Gasteiger partial charge in [-0.25, -0.2) is 4.39 Å². The zero-order valence-corrected chi connectivity index (χ0v) is 13.0. The Hall–Kier alpha value is -1.91. The number of nitrogens with zero attached hydrogens (tertiary/aromatic N) is 1. The zero-order chi connectivity index (χ0) is 15.9. The Morgan fingerprint density at radius 1 is 1.24 bits per heavy atom. The fourth-order valence-corrected chi connectivity index (χ4v) is 2.49. The van der Waals surface area contributed by atoms with Gasteiger partial charge in [-0.05, 0) is 37.0 Å². The molecule has 1 aromatic rings. The molecule has 1 aliphatic heterocycles. The van der Waals surface area contributed by atoms with Gasteiger partial charge in [0.05, 0.1) is 5.69 Å². The van der Waals surface area contributed by atoms with E-state index in [0.717, 1.165) is 5.56 Å². The van der Waals surface area contributed by atoms with E-state index >= 15 is 0 Å². The van der Waals surface area contributed by atoms with E-state index in [1.807, 2.05) is 20.8 Å². The van der Waals surface area contributed by atoms with Crippen molar-refractivity contribution in [1.29, 1.82) is 0 Å². The number of rotatable bonds is 1. The van der Waals surface area contributed by atoms with Crippen molar-refractivity contribution in [3.63, 3.8) is 0 Å². The second-order valence-corrected chi connectivity index (χ2v) is 6.65. The number of nitrogens with one attached hydrogen (secondary N) is 1. The molecular weight excluding hydrogens is 271 g/mol. The molecule has 114 valence electrons. The summed E-state index contributed by atoms with van der Waals surface area (Å²) in [6.07, 6.45) is 0. The zero-order valence-electron chi connectivity index (χ0n) is 13.0. The number of piperazine rings is 1. The predicted octanol–water partition coefficient (Wildman–Crippen LogP) is 2.40. The molecule has 1 N–H and O–H groups in total. The van der Waals surface area contributed by atoms with E-state index in [2.05, 4.69) is 5.32 Å². The van der Waals surface area contributed by atoms with Crippen LogP contribution in [-0.2, 0) is 9.59 Å². The van der Waals surface area contributed by atoms with Crippen molar-refractivity contribution in [2.75, 3.05) is 4.90 Å². The molecule has 2 rings (SSSR count). The summed E-state index contributed by atoms with van der Waals surface area (Å²) in [6.45, 7) is 8.99. The van der Waals surface area contributed by atoms with Crippen LogP contribution in [0.25, 0.3) is 0 Å². The largest absolute Gasteiger partial charge is 0.342 e. The normalized spacial score (nSPS) is 23.2. The molecule has 5 heteroatoms. The SMILES string of the molecule is Cc1ccc(N2C(=O)C(C(C)(C)C)NC(=O)C2C)c(F)c1. The molecule has 1 fully saturated rings. The Balaban J connectivity index is 2.48. The van der Waals surface area contributed by atoms with Crippen LogP contribution in [0.4, 0.5) is 10.1 Å². The van der Waals surface area contributed by atoms with Gasteiger partial charge in [0.2, 0.25) is 5.91 Å². The van der Waals surface area contributed by atoms with Crippen LogP contribution in [0.1, 0.15) is 33.3 Å². The molecule has 0 aromatic heterocycles. The van der Waals surface area contributed by atoms with Crippen molar-refractivity contribution in [2.24, 2.45) is 5.41 Å². The number of anilines is 1. The average Bonchev–Trinajstić information content (AvgIpc) is 2.35. The molecule has 0 bridgehead atoms. The van der Waals surface area contributed by atoms with Crippen LogP contribution in [0.15, 0.2) is 18.2 Å².